The summed E-state index contributed by atoms with van der Waals surface area (Å²) in [6, 6.07) is 7.65. The topological polar surface area (TPSA) is 34.9 Å². The van der Waals surface area contributed by atoms with Crippen molar-refractivity contribution in [3.63, 3.8) is 0 Å². The van der Waals surface area contributed by atoms with E-state index in [0.717, 1.165) is 16.8 Å². The van der Waals surface area contributed by atoms with Crippen LogP contribution in [0.1, 0.15) is 12.1 Å². The maximum atomic E-state index is 11.5. The molecule has 0 saturated heterocycles. The van der Waals surface area contributed by atoms with Gasteiger partial charge in [-0.25, -0.2) is 0 Å². The second-order valence-electron chi connectivity index (χ2n) is 4.17. The SMILES string of the molecule is O=C1CCn2ncc(-c3ccccc3Cl)c2C1. The van der Waals surface area contributed by atoms with Crippen LogP contribution in [0, 0.1) is 0 Å². The van der Waals surface area contributed by atoms with E-state index >= 15 is 0 Å². The zero-order valence-corrected chi connectivity index (χ0v) is 9.94. The number of aromatic nitrogens is 2. The Hall–Kier alpha value is -1.61. The third kappa shape index (κ3) is 1.76. The summed E-state index contributed by atoms with van der Waals surface area (Å²) in [6.45, 7) is 0.679. The van der Waals surface area contributed by atoms with Crippen LogP contribution in [0.3, 0.4) is 0 Å². The lowest BCUT2D eigenvalue weighted by atomic mass is 10.0. The third-order valence-corrected chi connectivity index (χ3v) is 3.41. The van der Waals surface area contributed by atoms with E-state index in [9.17, 15) is 4.79 Å². The molecule has 0 fully saturated rings. The van der Waals surface area contributed by atoms with Gasteiger partial charge in [-0.2, -0.15) is 5.10 Å². The average Bonchev–Trinajstić information content (AvgIpc) is 2.72. The second-order valence-corrected chi connectivity index (χ2v) is 4.58. The number of carbonyl (C=O) groups is 1. The van der Waals surface area contributed by atoms with E-state index in [1.54, 1.807) is 6.20 Å². The summed E-state index contributed by atoms with van der Waals surface area (Å²) >= 11 is 6.17. The Balaban J connectivity index is 2.14. The number of Topliss-reactive ketones (excluding diaryl/α,β-unsaturated/α-hetero) is 1. The number of halogens is 1. The fourth-order valence-electron chi connectivity index (χ4n) is 2.20. The average molecular weight is 247 g/mol. The first-order chi connectivity index (χ1) is 8.25. The molecule has 86 valence electrons. The van der Waals surface area contributed by atoms with Gasteiger partial charge >= 0.3 is 0 Å². The molecule has 0 bridgehead atoms. The Morgan fingerprint density at radius 2 is 2.06 bits per heavy atom. The monoisotopic (exact) mass is 246 g/mol. The highest BCUT2D eigenvalue weighted by molar-refractivity contribution is 6.33. The summed E-state index contributed by atoms with van der Waals surface area (Å²) in [5, 5.41) is 5.01. The van der Waals surface area contributed by atoms with Gasteiger partial charge in [0.15, 0.2) is 0 Å². The number of benzene rings is 1. The highest BCUT2D eigenvalue weighted by atomic mass is 35.5. The van der Waals surface area contributed by atoms with Crippen LogP contribution < -0.4 is 0 Å². The van der Waals surface area contributed by atoms with Crippen molar-refractivity contribution in [3.8, 4) is 11.1 Å². The molecule has 17 heavy (non-hydrogen) atoms. The molecule has 1 aromatic carbocycles. The predicted molar refractivity (Wildman–Crippen MR) is 66.0 cm³/mol. The van der Waals surface area contributed by atoms with Gasteiger partial charge in [0.2, 0.25) is 0 Å². The van der Waals surface area contributed by atoms with E-state index < -0.39 is 0 Å². The molecule has 4 heteroatoms. The normalized spacial score (nSPS) is 14.8. The summed E-state index contributed by atoms with van der Waals surface area (Å²) in [4.78, 5) is 11.5. The molecular formula is C13H11ClN2O. The lowest BCUT2D eigenvalue weighted by molar-refractivity contribution is -0.119. The van der Waals surface area contributed by atoms with Gasteiger partial charge in [0.1, 0.15) is 5.78 Å². The van der Waals surface area contributed by atoms with Crippen molar-refractivity contribution in [2.24, 2.45) is 0 Å². The minimum absolute atomic E-state index is 0.270. The number of hydrogen-bond donors (Lipinski definition) is 0. The first kappa shape index (κ1) is 10.5. The van der Waals surface area contributed by atoms with Gasteiger partial charge in [-0.05, 0) is 6.07 Å². The molecule has 3 rings (SSSR count). The fourth-order valence-corrected chi connectivity index (χ4v) is 2.44. The molecule has 0 N–H and O–H groups in total. The lowest BCUT2D eigenvalue weighted by Gasteiger charge is -2.14. The number of rotatable bonds is 1. The smallest absolute Gasteiger partial charge is 0.140 e. The van der Waals surface area contributed by atoms with Crippen molar-refractivity contribution in [3.05, 3.63) is 41.2 Å². The van der Waals surface area contributed by atoms with Gasteiger partial charge < -0.3 is 0 Å². The fraction of sp³-hybridized carbons (Fsp3) is 0.231. The largest absolute Gasteiger partial charge is 0.299 e. The minimum Gasteiger partial charge on any atom is -0.299 e. The minimum atomic E-state index is 0.270. The summed E-state index contributed by atoms with van der Waals surface area (Å²) in [6.07, 6.45) is 2.84. The van der Waals surface area contributed by atoms with Gasteiger partial charge in [-0.3, -0.25) is 9.48 Å². The number of nitrogens with zero attached hydrogens (tertiary/aromatic N) is 2. The van der Waals surface area contributed by atoms with Crippen LogP contribution in [0.25, 0.3) is 11.1 Å². The third-order valence-electron chi connectivity index (χ3n) is 3.08. The van der Waals surface area contributed by atoms with Gasteiger partial charge in [-0.1, -0.05) is 29.8 Å². The Bertz CT molecular complexity index is 589. The van der Waals surface area contributed by atoms with Crippen molar-refractivity contribution < 1.29 is 4.79 Å². The first-order valence-corrected chi connectivity index (χ1v) is 5.95. The Kier molecular flexibility index (Phi) is 2.48. The molecule has 1 aromatic heterocycles. The van der Waals surface area contributed by atoms with Crippen LogP contribution in [0.5, 0.6) is 0 Å². The molecule has 0 amide bonds. The van der Waals surface area contributed by atoms with Crippen LogP contribution in [0.2, 0.25) is 5.02 Å². The summed E-state index contributed by atoms with van der Waals surface area (Å²) in [7, 11) is 0. The van der Waals surface area contributed by atoms with Crippen LogP contribution in [-0.2, 0) is 17.8 Å². The van der Waals surface area contributed by atoms with Crippen LogP contribution in [-0.4, -0.2) is 15.6 Å². The van der Waals surface area contributed by atoms with E-state index in [4.69, 9.17) is 11.6 Å². The second kappa shape index (κ2) is 4.00. The maximum absolute atomic E-state index is 11.5. The molecule has 1 aliphatic heterocycles. The van der Waals surface area contributed by atoms with Gasteiger partial charge in [0.05, 0.1) is 11.9 Å². The van der Waals surface area contributed by atoms with Gasteiger partial charge in [-0.15, -0.1) is 0 Å². The van der Waals surface area contributed by atoms with Crippen molar-refractivity contribution in [2.45, 2.75) is 19.4 Å². The van der Waals surface area contributed by atoms with Crippen LogP contribution in [0.15, 0.2) is 30.5 Å². The molecule has 0 unspecified atom stereocenters. The first-order valence-electron chi connectivity index (χ1n) is 5.57. The molecule has 2 aromatic rings. The van der Waals surface area contributed by atoms with E-state index in [-0.39, 0.29) is 5.78 Å². The molecule has 3 nitrogen and oxygen atoms in total. The predicted octanol–water partition coefficient (Wildman–Crippen LogP) is 2.72. The number of hydrogen-bond acceptors (Lipinski definition) is 2. The zero-order chi connectivity index (χ0) is 11.8. The van der Waals surface area contributed by atoms with E-state index in [1.165, 1.54) is 0 Å². The number of ketones is 1. The summed E-state index contributed by atoms with van der Waals surface area (Å²) in [5.41, 5.74) is 2.91. The van der Waals surface area contributed by atoms with E-state index in [2.05, 4.69) is 5.10 Å². The number of aryl methyl sites for hydroxylation is 1. The quantitative estimate of drug-likeness (QED) is 0.776. The van der Waals surface area contributed by atoms with Crippen LogP contribution in [0.4, 0.5) is 0 Å². The van der Waals surface area contributed by atoms with Crippen molar-refractivity contribution in [1.82, 2.24) is 9.78 Å². The van der Waals surface area contributed by atoms with Crippen molar-refractivity contribution in [2.75, 3.05) is 0 Å². The standard InChI is InChI=1S/C13H11ClN2O/c14-12-4-2-1-3-10(12)11-8-15-16-6-5-9(17)7-13(11)16/h1-4,8H,5-7H2. The molecular weight excluding hydrogens is 236 g/mol. The van der Waals surface area contributed by atoms with Gasteiger partial charge in [0.25, 0.3) is 0 Å². The Morgan fingerprint density at radius 1 is 1.24 bits per heavy atom. The summed E-state index contributed by atoms with van der Waals surface area (Å²) in [5.74, 6) is 0.270. The zero-order valence-electron chi connectivity index (χ0n) is 9.19. The highest BCUT2D eigenvalue weighted by Gasteiger charge is 2.21. The molecule has 2 heterocycles. The van der Waals surface area contributed by atoms with E-state index in [1.807, 2.05) is 28.9 Å². The van der Waals surface area contributed by atoms with E-state index in [0.29, 0.717) is 24.4 Å². The molecule has 0 aliphatic carbocycles. The Labute approximate surface area is 104 Å². The van der Waals surface area contributed by atoms with Crippen molar-refractivity contribution in [1.29, 1.82) is 0 Å². The number of fused-ring (bicyclic) bond motifs is 1. The molecule has 0 saturated carbocycles. The maximum Gasteiger partial charge on any atom is 0.140 e. The lowest BCUT2D eigenvalue weighted by Crippen LogP contribution is -2.19. The molecule has 0 atom stereocenters. The van der Waals surface area contributed by atoms with Crippen LogP contribution >= 0.6 is 11.6 Å². The van der Waals surface area contributed by atoms with Gasteiger partial charge in [0, 0.05) is 35.5 Å². The Morgan fingerprint density at radius 3 is 2.88 bits per heavy atom. The molecule has 0 radical (unpaired) electrons. The summed E-state index contributed by atoms with van der Waals surface area (Å²) < 4.78 is 1.90. The highest BCUT2D eigenvalue weighted by Crippen LogP contribution is 2.31. The van der Waals surface area contributed by atoms with Crippen molar-refractivity contribution >= 4 is 17.4 Å². The number of carbonyl (C=O) groups excluding carboxylic acids is 1. The molecule has 0 spiro atoms. The molecule has 1 aliphatic rings.